The van der Waals surface area contributed by atoms with Crippen LogP contribution >= 0.6 is 0 Å². The van der Waals surface area contributed by atoms with Gasteiger partial charge in [-0.05, 0) is 31.0 Å². The van der Waals surface area contributed by atoms with Gasteiger partial charge in [-0.2, -0.15) is 0 Å². The second-order valence-corrected chi connectivity index (χ2v) is 4.63. The van der Waals surface area contributed by atoms with Crippen molar-refractivity contribution in [3.05, 3.63) is 29.1 Å². The number of fused-ring (bicyclic) bond motifs is 1. The summed E-state index contributed by atoms with van der Waals surface area (Å²) in [6.07, 6.45) is 0.299. The highest BCUT2D eigenvalue weighted by Crippen LogP contribution is 2.36. The molecule has 0 radical (unpaired) electrons. The summed E-state index contributed by atoms with van der Waals surface area (Å²) in [6, 6.07) is 2.01. The Hall–Kier alpha value is -1.89. The van der Waals surface area contributed by atoms with Crippen molar-refractivity contribution in [2.45, 2.75) is 25.6 Å². The molecule has 0 aliphatic carbocycles. The molecule has 1 aliphatic rings. The first-order chi connectivity index (χ1) is 8.88. The van der Waals surface area contributed by atoms with E-state index in [4.69, 9.17) is 9.76 Å². The highest BCUT2D eigenvalue weighted by atomic mass is 19.1. The van der Waals surface area contributed by atoms with E-state index >= 15 is 0 Å². The van der Waals surface area contributed by atoms with Crippen molar-refractivity contribution in [1.29, 1.82) is 0 Å². The fourth-order valence-electron chi connectivity index (χ4n) is 2.24. The van der Waals surface area contributed by atoms with Crippen molar-refractivity contribution in [2.24, 2.45) is 0 Å². The summed E-state index contributed by atoms with van der Waals surface area (Å²) in [5, 5.41) is 18.8. The summed E-state index contributed by atoms with van der Waals surface area (Å²) in [5.74, 6) is -2.65. The molecule has 1 atom stereocenters. The number of hydrogen-bond acceptors (Lipinski definition) is 4. The second kappa shape index (κ2) is 5.01. The van der Waals surface area contributed by atoms with Gasteiger partial charge in [0, 0.05) is 12.2 Å². The van der Waals surface area contributed by atoms with Gasteiger partial charge >= 0.3 is 13.1 Å². The summed E-state index contributed by atoms with van der Waals surface area (Å²) >= 11 is 0. The van der Waals surface area contributed by atoms with Crippen LogP contribution in [-0.4, -0.2) is 29.0 Å². The lowest BCUT2D eigenvalue weighted by Crippen LogP contribution is -2.35. The molecule has 19 heavy (non-hydrogen) atoms. The lowest BCUT2D eigenvalue weighted by Gasteiger charge is -2.27. The van der Waals surface area contributed by atoms with Crippen LogP contribution in [0, 0.1) is 5.82 Å². The predicted molar refractivity (Wildman–Crippen MR) is 64.7 cm³/mol. The smallest absolute Gasteiger partial charge is 0.526 e. The van der Waals surface area contributed by atoms with Crippen LogP contribution in [-0.2, 0) is 11.2 Å². The summed E-state index contributed by atoms with van der Waals surface area (Å²) in [4.78, 5) is 22.1. The standard InChI is InChI=1S/C12H12BFO5/c1-6(15)2-8-3-7-4-9(14)5-10(12(16)17)11(7)19-13(8)18/h4-5,8,18H,2-3H2,1H3,(H,16,17)/t8-/m0/s1. The van der Waals surface area contributed by atoms with Gasteiger partial charge < -0.3 is 19.6 Å². The van der Waals surface area contributed by atoms with E-state index in [9.17, 15) is 19.0 Å². The van der Waals surface area contributed by atoms with Crippen LogP contribution in [0.2, 0.25) is 5.82 Å². The Labute approximate surface area is 109 Å². The maximum absolute atomic E-state index is 13.4. The summed E-state index contributed by atoms with van der Waals surface area (Å²) < 4.78 is 18.5. The minimum Gasteiger partial charge on any atom is -0.535 e. The zero-order chi connectivity index (χ0) is 14.2. The van der Waals surface area contributed by atoms with Crippen molar-refractivity contribution >= 4 is 18.9 Å². The highest BCUT2D eigenvalue weighted by molar-refractivity contribution is 6.46. The Bertz CT molecular complexity index is 545. The number of hydrogen-bond donors (Lipinski definition) is 2. The second-order valence-electron chi connectivity index (χ2n) is 4.63. The summed E-state index contributed by atoms with van der Waals surface area (Å²) in [7, 11) is -1.26. The lowest BCUT2D eigenvalue weighted by molar-refractivity contribution is -0.117. The first kappa shape index (κ1) is 13.5. The molecule has 1 aromatic rings. The predicted octanol–water partition coefficient (Wildman–Crippen LogP) is 1.29. The van der Waals surface area contributed by atoms with E-state index in [1.165, 1.54) is 13.0 Å². The molecule has 0 saturated heterocycles. The average Bonchev–Trinajstić information content (AvgIpc) is 2.29. The molecule has 0 spiro atoms. The van der Waals surface area contributed by atoms with Gasteiger partial charge in [0.25, 0.3) is 0 Å². The van der Waals surface area contributed by atoms with Crippen LogP contribution < -0.4 is 4.65 Å². The first-order valence-electron chi connectivity index (χ1n) is 5.78. The van der Waals surface area contributed by atoms with E-state index in [1.54, 1.807) is 0 Å². The number of benzene rings is 1. The minimum atomic E-state index is -1.33. The molecule has 0 unspecified atom stereocenters. The number of carbonyl (C=O) groups is 2. The van der Waals surface area contributed by atoms with Gasteiger partial charge in [0.1, 0.15) is 22.9 Å². The quantitative estimate of drug-likeness (QED) is 0.805. The zero-order valence-electron chi connectivity index (χ0n) is 10.2. The molecule has 7 heteroatoms. The molecular weight excluding hydrogens is 254 g/mol. The Morgan fingerprint density at radius 3 is 2.79 bits per heavy atom. The molecule has 2 rings (SSSR count). The lowest BCUT2D eigenvalue weighted by atomic mass is 9.64. The first-order valence-corrected chi connectivity index (χ1v) is 5.78. The maximum Gasteiger partial charge on any atom is 0.526 e. The van der Waals surface area contributed by atoms with E-state index < -0.39 is 24.7 Å². The number of carbonyl (C=O) groups excluding carboxylic acids is 1. The molecular formula is C12H12BFO5. The van der Waals surface area contributed by atoms with Crippen molar-refractivity contribution < 1.29 is 28.8 Å². The summed E-state index contributed by atoms with van der Waals surface area (Å²) in [5.41, 5.74) is 0.0317. The molecule has 1 aliphatic heterocycles. The largest absolute Gasteiger partial charge is 0.535 e. The normalized spacial score (nSPS) is 17.6. The number of aromatic carboxylic acids is 1. The molecule has 100 valence electrons. The molecule has 0 bridgehead atoms. The third kappa shape index (κ3) is 2.76. The number of halogens is 1. The average molecular weight is 266 g/mol. The van der Waals surface area contributed by atoms with E-state index in [1.807, 2.05) is 0 Å². The molecule has 0 aromatic heterocycles. The van der Waals surface area contributed by atoms with Crippen LogP contribution in [0.25, 0.3) is 0 Å². The van der Waals surface area contributed by atoms with Crippen LogP contribution in [0.1, 0.15) is 29.3 Å². The Morgan fingerprint density at radius 2 is 2.21 bits per heavy atom. The van der Waals surface area contributed by atoms with Crippen LogP contribution in [0.3, 0.4) is 0 Å². The zero-order valence-corrected chi connectivity index (χ0v) is 10.2. The molecule has 5 nitrogen and oxygen atoms in total. The number of rotatable bonds is 3. The highest BCUT2D eigenvalue weighted by Gasteiger charge is 2.37. The van der Waals surface area contributed by atoms with Gasteiger partial charge in [-0.25, -0.2) is 9.18 Å². The van der Waals surface area contributed by atoms with Crippen molar-refractivity contribution in [2.75, 3.05) is 0 Å². The molecule has 0 saturated carbocycles. The summed E-state index contributed by atoms with van der Waals surface area (Å²) in [6.45, 7) is 1.39. The van der Waals surface area contributed by atoms with Gasteiger partial charge in [-0.15, -0.1) is 0 Å². The van der Waals surface area contributed by atoms with E-state index in [0.29, 0.717) is 5.56 Å². The fourth-order valence-corrected chi connectivity index (χ4v) is 2.24. The molecule has 1 heterocycles. The molecule has 1 aromatic carbocycles. The maximum atomic E-state index is 13.4. The fraction of sp³-hybridized carbons (Fsp3) is 0.333. The minimum absolute atomic E-state index is 0.0267. The van der Waals surface area contributed by atoms with Gasteiger partial charge in [-0.3, -0.25) is 0 Å². The van der Waals surface area contributed by atoms with Crippen molar-refractivity contribution in [3.8, 4) is 5.75 Å². The molecule has 2 N–H and O–H groups in total. The van der Waals surface area contributed by atoms with E-state index in [2.05, 4.69) is 0 Å². The number of Topliss-reactive ketones (excluding diaryl/α,β-unsaturated/α-hetero) is 1. The number of ketones is 1. The number of carboxylic acids is 1. The van der Waals surface area contributed by atoms with Gasteiger partial charge in [0.05, 0.1) is 0 Å². The molecule has 0 amide bonds. The molecule has 0 fully saturated rings. The van der Waals surface area contributed by atoms with Crippen LogP contribution in [0.5, 0.6) is 5.75 Å². The van der Waals surface area contributed by atoms with Gasteiger partial charge in [0.15, 0.2) is 0 Å². The van der Waals surface area contributed by atoms with Crippen molar-refractivity contribution in [1.82, 2.24) is 0 Å². The van der Waals surface area contributed by atoms with Gasteiger partial charge in [0.2, 0.25) is 0 Å². The van der Waals surface area contributed by atoms with Crippen LogP contribution in [0.4, 0.5) is 4.39 Å². The third-order valence-corrected chi connectivity index (χ3v) is 3.03. The monoisotopic (exact) mass is 266 g/mol. The Morgan fingerprint density at radius 1 is 1.53 bits per heavy atom. The topological polar surface area (TPSA) is 83.8 Å². The Balaban J connectivity index is 2.40. The van der Waals surface area contributed by atoms with E-state index in [0.717, 1.165) is 6.07 Å². The van der Waals surface area contributed by atoms with Crippen LogP contribution in [0.15, 0.2) is 12.1 Å². The SMILES string of the molecule is CC(=O)C[C@H]1Cc2cc(F)cc(C(=O)O)c2OB1O. The van der Waals surface area contributed by atoms with Gasteiger partial charge in [-0.1, -0.05) is 0 Å². The van der Waals surface area contributed by atoms with E-state index in [-0.39, 0.29) is 29.9 Å². The van der Waals surface area contributed by atoms with Crippen molar-refractivity contribution in [3.63, 3.8) is 0 Å². The third-order valence-electron chi connectivity index (χ3n) is 3.03. The number of carboxylic acid groups (broad SMARTS) is 1. The Kier molecular flexibility index (Phi) is 3.57.